The van der Waals surface area contributed by atoms with E-state index in [9.17, 15) is 19.7 Å². The molecule has 1 N–H and O–H groups in total. The van der Waals surface area contributed by atoms with Crippen molar-refractivity contribution in [2.75, 3.05) is 19.0 Å². The van der Waals surface area contributed by atoms with Crippen LogP contribution < -0.4 is 10.1 Å². The number of benzene rings is 1. The molecule has 12 heteroatoms. The smallest absolute Gasteiger partial charge is 0.348 e. The lowest BCUT2D eigenvalue weighted by Crippen LogP contribution is -2.23. The minimum Gasteiger partial charge on any atom is -0.495 e. The molecule has 10 nitrogen and oxygen atoms in total. The Morgan fingerprint density at radius 1 is 1.30 bits per heavy atom. The van der Waals surface area contributed by atoms with Crippen LogP contribution in [0.25, 0.3) is 10.2 Å². The van der Waals surface area contributed by atoms with Gasteiger partial charge in [-0.2, -0.15) is 0 Å². The summed E-state index contributed by atoms with van der Waals surface area (Å²) in [5, 5.41) is 14.4. The number of non-ortho nitro benzene ring substituents is 1. The number of aromatic nitrogens is 2. The van der Waals surface area contributed by atoms with Gasteiger partial charge in [-0.15, -0.1) is 11.3 Å². The zero-order valence-electron chi connectivity index (χ0n) is 18.6. The Kier molecular flexibility index (Phi) is 7.49. The van der Waals surface area contributed by atoms with Gasteiger partial charge in [-0.25, -0.2) is 14.8 Å². The highest BCUT2D eigenvalue weighted by Gasteiger charge is 2.24. The first-order chi connectivity index (χ1) is 15.7. The van der Waals surface area contributed by atoms with E-state index >= 15 is 0 Å². The lowest BCUT2D eigenvalue weighted by atomic mass is 10.2. The van der Waals surface area contributed by atoms with Crippen LogP contribution in [0.4, 0.5) is 11.4 Å². The molecule has 1 atom stereocenters. The van der Waals surface area contributed by atoms with Crippen molar-refractivity contribution >= 4 is 56.6 Å². The second-order valence-corrected chi connectivity index (χ2v) is 9.25. The number of ether oxygens (including phenoxy) is 2. The third-order valence-corrected chi connectivity index (χ3v) is 6.89. The normalized spacial score (nSPS) is 11.8. The predicted molar refractivity (Wildman–Crippen MR) is 126 cm³/mol. The molecule has 0 saturated carbocycles. The van der Waals surface area contributed by atoms with Gasteiger partial charge >= 0.3 is 5.97 Å². The van der Waals surface area contributed by atoms with E-state index in [1.54, 1.807) is 27.7 Å². The second kappa shape index (κ2) is 10.1. The monoisotopic (exact) mass is 490 g/mol. The molecule has 0 aliphatic heterocycles. The molecule has 0 fully saturated rings. The summed E-state index contributed by atoms with van der Waals surface area (Å²) in [6.07, 6.45) is 0. The molecule has 1 amide bonds. The van der Waals surface area contributed by atoms with Crippen molar-refractivity contribution in [2.45, 2.75) is 38.0 Å². The first kappa shape index (κ1) is 24.4. The molecule has 3 aromatic rings. The van der Waals surface area contributed by atoms with Gasteiger partial charge in [-0.3, -0.25) is 14.9 Å². The zero-order chi connectivity index (χ0) is 24.3. The summed E-state index contributed by atoms with van der Waals surface area (Å²) < 4.78 is 10.3. The third kappa shape index (κ3) is 5.22. The number of nitrogens with one attached hydrogen (secondary N) is 1. The number of anilines is 1. The van der Waals surface area contributed by atoms with Crippen LogP contribution in [-0.4, -0.2) is 45.7 Å². The summed E-state index contributed by atoms with van der Waals surface area (Å²) in [6, 6.07) is 3.97. The lowest BCUT2D eigenvalue weighted by Gasteiger charge is -2.14. The average Bonchev–Trinajstić information content (AvgIpc) is 3.09. The number of hydrogen-bond donors (Lipinski definition) is 1. The number of nitro groups is 1. The maximum Gasteiger partial charge on any atom is 0.348 e. The lowest BCUT2D eigenvalue weighted by molar-refractivity contribution is -0.384. The number of fused-ring (bicyclic) bond motifs is 1. The van der Waals surface area contributed by atoms with Crippen molar-refractivity contribution in [3.05, 3.63) is 44.6 Å². The number of thioether (sulfide) groups is 1. The SMILES string of the molecule is CCOC(=O)c1sc2nc(C)nc(S[C@@H](C)C(=O)Nc3cc([N+](=O)[O-])ccc3OC)c2c1C. The van der Waals surface area contributed by atoms with E-state index in [1.807, 2.05) is 0 Å². The standard InChI is InChI=1S/C21H22N4O6S2/c1-6-31-21(27)17-10(2)16-19(22-12(4)23-20(16)33-17)32-11(3)18(26)24-14-9-13(25(28)29)7-8-15(14)30-5/h7-9,11H,6H2,1-5H3,(H,24,26)/t11-/m0/s1. The van der Waals surface area contributed by atoms with Crippen molar-refractivity contribution in [1.82, 2.24) is 9.97 Å². The van der Waals surface area contributed by atoms with Crippen LogP contribution in [-0.2, 0) is 9.53 Å². The van der Waals surface area contributed by atoms with E-state index in [0.29, 0.717) is 37.3 Å². The number of nitro benzene ring substituents is 1. The molecule has 3 rings (SSSR count). The Morgan fingerprint density at radius 3 is 2.67 bits per heavy atom. The minimum atomic E-state index is -0.614. The van der Waals surface area contributed by atoms with E-state index in [0.717, 1.165) is 0 Å². The Hall–Kier alpha value is -3.25. The molecule has 1 aromatic carbocycles. The molecule has 2 heterocycles. The van der Waals surface area contributed by atoms with Crippen LogP contribution >= 0.6 is 23.1 Å². The number of thiophene rings is 1. The number of esters is 1. The van der Waals surface area contributed by atoms with Gasteiger partial charge in [-0.1, -0.05) is 11.8 Å². The molecule has 0 radical (unpaired) electrons. The topological polar surface area (TPSA) is 134 Å². The van der Waals surface area contributed by atoms with Gasteiger partial charge in [0.05, 0.1) is 29.6 Å². The first-order valence-electron chi connectivity index (χ1n) is 9.91. The molecule has 0 bridgehead atoms. The number of carbonyl (C=O) groups excluding carboxylic acids is 2. The van der Waals surface area contributed by atoms with Crippen LogP contribution in [0, 0.1) is 24.0 Å². The van der Waals surface area contributed by atoms with E-state index in [4.69, 9.17) is 9.47 Å². The second-order valence-electron chi connectivity index (χ2n) is 6.92. The van der Waals surface area contributed by atoms with Gasteiger partial charge in [0.2, 0.25) is 5.91 Å². The number of hydrogen-bond acceptors (Lipinski definition) is 10. The fourth-order valence-corrected chi connectivity index (χ4v) is 5.28. The van der Waals surface area contributed by atoms with Crippen molar-refractivity contribution in [2.24, 2.45) is 0 Å². The Bertz CT molecular complexity index is 1240. The molecule has 0 unspecified atom stereocenters. The van der Waals surface area contributed by atoms with Gasteiger partial charge in [-0.05, 0) is 39.3 Å². The minimum absolute atomic E-state index is 0.167. The number of amides is 1. The van der Waals surface area contributed by atoms with Gasteiger partial charge in [0.25, 0.3) is 5.69 Å². The molecule has 2 aromatic heterocycles. The van der Waals surface area contributed by atoms with Crippen LogP contribution in [0.2, 0.25) is 0 Å². The number of methoxy groups -OCH3 is 1. The highest BCUT2D eigenvalue weighted by molar-refractivity contribution is 8.00. The maximum absolute atomic E-state index is 12.9. The van der Waals surface area contributed by atoms with Crippen molar-refractivity contribution in [3.8, 4) is 5.75 Å². The van der Waals surface area contributed by atoms with E-state index < -0.39 is 16.1 Å². The quantitative estimate of drug-likeness (QED) is 0.159. The van der Waals surface area contributed by atoms with Gasteiger partial charge in [0.15, 0.2) is 0 Å². The summed E-state index contributed by atoms with van der Waals surface area (Å²) in [5.41, 5.74) is 0.730. The van der Waals surface area contributed by atoms with Crippen molar-refractivity contribution in [1.29, 1.82) is 0 Å². The van der Waals surface area contributed by atoms with Gasteiger partial charge in [0.1, 0.15) is 26.3 Å². The van der Waals surface area contributed by atoms with Crippen LogP contribution in [0.15, 0.2) is 23.2 Å². The van der Waals surface area contributed by atoms with Crippen molar-refractivity contribution < 1.29 is 24.0 Å². The highest BCUT2D eigenvalue weighted by atomic mass is 32.2. The Labute approximate surface area is 197 Å². The molecule has 174 valence electrons. The van der Waals surface area contributed by atoms with Crippen LogP contribution in [0.3, 0.4) is 0 Å². The fourth-order valence-electron chi connectivity index (χ4n) is 3.04. The van der Waals surface area contributed by atoms with E-state index in [1.165, 1.54) is 48.4 Å². The van der Waals surface area contributed by atoms with Gasteiger partial charge < -0.3 is 14.8 Å². The number of aryl methyl sites for hydroxylation is 2. The van der Waals surface area contributed by atoms with Crippen molar-refractivity contribution in [3.63, 3.8) is 0 Å². The zero-order valence-corrected chi connectivity index (χ0v) is 20.3. The number of nitrogens with zero attached hydrogens (tertiary/aromatic N) is 3. The molecule has 0 saturated heterocycles. The summed E-state index contributed by atoms with van der Waals surface area (Å²) in [6.45, 7) is 7.23. The largest absolute Gasteiger partial charge is 0.495 e. The molecule has 0 aliphatic carbocycles. The summed E-state index contributed by atoms with van der Waals surface area (Å²) in [7, 11) is 1.41. The maximum atomic E-state index is 12.9. The highest BCUT2D eigenvalue weighted by Crippen LogP contribution is 2.38. The molecular weight excluding hydrogens is 468 g/mol. The molecule has 0 spiro atoms. The summed E-state index contributed by atoms with van der Waals surface area (Å²) in [4.78, 5) is 45.8. The molecule has 33 heavy (non-hydrogen) atoms. The third-order valence-electron chi connectivity index (χ3n) is 4.64. The van der Waals surface area contributed by atoms with E-state index in [2.05, 4.69) is 15.3 Å². The molecule has 0 aliphatic rings. The predicted octanol–water partition coefficient (Wildman–Crippen LogP) is 4.52. The fraction of sp³-hybridized carbons (Fsp3) is 0.333. The Morgan fingerprint density at radius 2 is 2.03 bits per heavy atom. The van der Waals surface area contributed by atoms with Gasteiger partial charge in [0, 0.05) is 17.5 Å². The van der Waals surface area contributed by atoms with Crippen LogP contribution in [0.1, 0.15) is 34.9 Å². The van der Waals surface area contributed by atoms with E-state index in [-0.39, 0.29) is 23.9 Å². The molecular formula is C21H22N4O6S2. The number of carbonyl (C=O) groups is 2. The average molecular weight is 491 g/mol. The first-order valence-corrected chi connectivity index (χ1v) is 11.6. The number of rotatable bonds is 8. The van der Waals surface area contributed by atoms with Crippen LogP contribution in [0.5, 0.6) is 5.75 Å². The summed E-state index contributed by atoms with van der Waals surface area (Å²) in [5.74, 6) is 0.00525. The summed E-state index contributed by atoms with van der Waals surface area (Å²) >= 11 is 2.44. The Balaban J connectivity index is 1.90.